The predicted octanol–water partition coefficient (Wildman–Crippen LogP) is 5.89. The summed E-state index contributed by atoms with van der Waals surface area (Å²) in [4.78, 5) is 0. The topological polar surface area (TPSA) is 0 Å². The number of hydrogen-bond acceptors (Lipinski definition) is 0. The van der Waals surface area contributed by atoms with Gasteiger partial charge in [-0.3, -0.25) is 0 Å². The Morgan fingerprint density at radius 1 is 0.714 bits per heavy atom. The minimum Gasteiger partial charge on any atom is -0.346 e. The summed E-state index contributed by atoms with van der Waals surface area (Å²) in [5.74, 6) is 0. The van der Waals surface area contributed by atoms with Gasteiger partial charge in [0, 0.05) is 0 Å². The Balaban J connectivity index is 0. The van der Waals surface area contributed by atoms with Crippen molar-refractivity contribution >= 4 is 12.2 Å². The Hall–Kier alpha value is -1.20. The van der Waals surface area contributed by atoms with Crippen molar-refractivity contribution in [3.8, 4) is 0 Å². The van der Waals surface area contributed by atoms with Crippen molar-refractivity contribution in [2.45, 2.75) is 13.8 Å². The molecule has 107 valence electrons. The fourth-order valence-corrected chi connectivity index (χ4v) is 1.40. The monoisotopic (exact) mass is 353 g/mol. The van der Waals surface area contributed by atoms with Gasteiger partial charge in [-0.2, -0.15) is 38.2 Å². The molecule has 0 bridgehead atoms. The standard InChI is InChI=1S/C16H13.2C2H5.Zr/c1-3-9-15(10-4-1)13-7-8-14-16-11-5-2-6-12-16;2*1-2;/h1-7,9-14H;2*1H2,2H3;/q3*-1;+3/b13-7+;;;. The molecular formula is C20H23Zr. The minimum absolute atomic E-state index is 0. The van der Waals surface area contributed by atoms with Gasteiger partial charge >= 0.3 is 26.2 Å². The van der Waals surface area contributed by atoms with Crippen LogP contribution in [-0.4, -0.2) is 0 Å². The molecule has 0 spiro atoms. The van der Waals surface area contributed by atoms with Crippen molar-refractivity contribution < 1.29 is 26.2 Å². The molecule has 0 aliphatic rings. The molecule has 0 amide bonds. The number of rotatable bonds is 3. The molecule has 0 saturated heterocycles. The van der Waals surface area contributed by atoms with Crippen LogP contribution in [0.2, 0.25) is 0 Å². The van der Waals surface area contributed by atoms with Gasteiger partial charge in [0.05, 0.1) is 0 Å². The van der Waals surface area contributed by atoms with E-state index in [1.54, 1.807) is 13.8 Å². The van der Waals surface area contributed by atoms with E-state index < -0.39 is 0 Å². The fraction of sp³-hybridized carbons (Fsp3) is 0.100. The summed E-state index contributed by atoms with van der Waals surface area (Å²) in [5.41, 5.74) is 2.36. The van der Waals surface area contributed by atoms with Crippen molar-refractivity contribution in [1.82, 2.24) is 0 Å². The van der Waals surface area contributed by atoms with E-state index in [1.807, 2.05) is 54.6 Å². The fourth-order valence-electron chi connectivity index (χ4n) is 1.40. The van der Waals surface area contributed by atoms with Crippen molar-refractivity contribution in [2.24, 2.45) is 0 Å². The van der Waals surface area contributed by atoms with Gasteiger partial charge < -0.3 is 13.8 Å². The average Bonchev–Trinajstić information content (AvgIpc) is 2.57. The molecule has 0 atom stereocenters. The van der Waals surface area contributed by atoms with Crippen LogP contribution in [0, 0.1) is 19.9 Å². The summed E-state index contributed by atoms with van der Waals surface area (Å²) < 4.78 is 0. The molecule has 21 heavy (non-hydrogen) atoms. The van der Waals surface area contributed by atoms with Crippen LogP contribution in [-0.2, 0) is 26.2 Å². The van der Waals surface area contributed by atoms with Crippen LogP contribution in [0.15, 0.2) is 66.7 Å². The Kier molecular flexibility index (Phi) is 17.7. The maximum atomic E-state index is 3.25. The number of hydrogen-bond donors (Lipinski definition) is 0. The minimum atomic E-state index is 0. The van der Waals surface area contributed by atoms with Crippen LogP contribution in [0.25, 0.3) is 12.2 Å². The normalized spacial score (nSPS) is 9.14. The molecule has 0 fully saturated rings. The summed E-state index contributed by atoms with van der Waals surface area (Å²) in [7, 11) is 0. The largest absolute Gasteiger partial charge is 3.00 e. The quantitative estimate of drug-likeness (QED) is 0.476. The van der Waals surface area contributed by atoms with Crippen LogP contribution in [0.1, 0.15) is 25.0 Å². The van der Waals surface area contributed by atoms with E-state index in [4.69, 9.17) is 0 Å². The van der Waals surface area contributed by atoms with Gasteiger partial charge in [0.15, 0.2) is 0 Å². The first-order chi connectivity index (χ1) is 9.95. The zero-order valence-corrected chi connectivity index (χ0v) is 15.4. The van der Waals surface area contributed by atoms with E-state index in [-0.39, 0.29) is 26.2 Å². The second kappa shape index (κ2) is 16.9. The molecule has 1 radical (unpaired) electrons. The predicted molar refractivity (Wildman–Crippen MR) is 91.7 cm³/mol. The maximum Gasteiger partial charge on any atom is 3.00 e. The van der Waals surface area contributed by atoms with E-state index in [1.165, 1.54) is 11.1 Å². The Labute approximate surface area is 149 Å². The molecule has 2 aromatic rings. The van der Waals surface area contributed by atoms with Gasteiger partial charge in [-0.1, -0.05) is 54.1 Å². The van der Waals surface area contributed by atoms with Gasteiger partial charge in [-0.05, 0) is 0 Å². The molecule has 0 aromatic heterocycles. The third kappa shape index (κ3) is 11.2. The molecule has 0 aliphatic carbocycles. The van der Waals surface area contributed by atoms with Gasteiger partial charge in [0.25, 0.3) is 0 Å². The van der Waals surface area contributed by atoms with Crippen molar-refractivity contribution in [2.75, 3.05) is 0 Å². The third-order valence-corrected chi connectivity index (χ3v) is 2.22. The summed E-state index contributed by atoms with van der Waals surface area (Å²) in [6.45, 7) is 10.0. The molecule has 0 N–H and O–H groups in total. The Morgan fingerprint density at radius 3 is 1.62 bits per heavy atom. The van der Waals surface area contributed by atoms with Crippen molar-refractivity contribution in [1.29, 1.82) is 0 Å². The second-order valence-electron chi connectivity index (χ2n) is 3.47. The first kappa shape index (κ1) is 22.1. The summed E-state index contributed by atoms with van der Waals surface area (Å²) in [6, 6.07) is 20.4. The smallest absolute Gasteiger partial charge is 0.346 e. The molecular weight excluding hydrogens is 331 g/mol. The first-order valence-corrected chi connectivity index (χ1v) is 6.72. The van der Waals surface area contributed by atoms with Gasteiger partial charge in [-0.25, -0.2) is 0 Å². The summed E-state index contributed by atoms with van der Waals surface area (Å²) in [6.07, 6.45) is 9.09. The number of benzene rings is 2. The molecule has 0 heterocycles. The van der Waals surface area contributed by atoms with Gasteiger partial charge in [-0.15, -0.1) is 17.7 Å². The SMILES string of the molecule is [C-](=Cc1ccccc1)/C=C/c1ccccc1.[CH2-]C.[CH2-]C.[Zr+3]. The third-order valence-electron chi connectivity index (χ3n) is 2.22. The van der Waals surface area contributed by atoms with Crippen molar-refractivity contribution in [3.05, 3.63) is 97.8 Å². The average molecular weight is 355 g/mol. The van der Waals surface area contributed by atoms with Gasteiger partial charge in [0.1, 0.15) is 0 Å². The van der Waals surface area contributed by atoms with E-state index in [0.717, 1.165) is 0 Å². The Bertz CT molecular complexity index is 422. The van der Waals surface area contributed by atoms with Crippen LogP contribution in [0.4, 0.5) is 0 Å². The van der Waals surface area contributed by atoms with Crippen LogP contribution in [0.3, 0.4) is 0 Å². The van der Waals surface area contributed by atoms with Crippen LogP contribution >= 0.6 is 0 Å². The molecule has 1 heteroatoms. The summed E-state index contributed by atoms with van der Waals surface area (Å²) >= 11 is 0. The summed E-state index contributed by atoms with van der Waals surface area (Å²) in [5, 5.41) is 0. The van der Waals surface area contributed by atoms with Crippen LogP contribution in [0.5, 0.6) is 0 Å². The Morgan fingerprint density at radius 2 is 1.14 bits per heavy atom. The molecule has 2 aromatic carbocycles. The van der Waals surface area contributed by atoms with E-state index in [2.05, 4.69) is 44.2 Å². The zero-order valence-electron chi connectivity index (χ0n) is 12.9. The van der Waals surface area contributed by atoms with Crippen molar-refractivity contribution in [3.63, 3.8) is 0 Å². The van der Waals surface area contributed by atoms with Crippen LogP contribution < -0.4 is 0 Å². The molecule has 0 saturated carbocycles. The van der Waals surface area contributed by atoms with E-state index in [9.17, 15) is 0 Å². The number of allylic oxidation sites excluding steroid dienone is 2. The maximum absolute atomic E-state index is 3.25. The molecule has 2 rings (SSSR count). The van der Waals surface area contributed by atoms with E-state index >= 15 is 0 Å². The second-order valence-corrected chi connectivity index (χ2v) is 3.47. The molecule has 0 nitrogen and oxygen atoms in total. The first-order valence-electron chi connectivity index (χ1n) is 6.72. The zero-order chi connectivity index (χ0) is 15.1. The molecule has 0 aliphatic heterocycles. The van der Waals surface area contributed by atoms with E-state index in [0.29, 0.717) is 0 Å². The van der Waals surface area contributed by atoms with Gasteiger partial charge in [0.2, 0.25) is 0 Å². The molecule has 0 unspecified atom stereocenters.